The zero-order valence-electron chi connectivity index (χ0n) is 12.8. The lowest BCUT2D eigenvalue weighted by Gasteiger charge is -2.21. The second-order valence-corrected chi connectivity index (χ2v) is 6.61. The fourth-order valence-corrected chi connectivity index (χ4v) is 2.68. The van der Waals surface area contributed by atoms with Gasteiger partial charge in [-0.2, -0.15) is 0 Å². The molecule has 1 aliphatic heterocycles. The molecule has 0 bridgehead atoms. The van der Waals surface area contributed by atoms with Crippen LogP contribution >= 0.6 is 0 Å². The fourth-order valence-electron chi connectivity index (χ4n) is 2.68. The van der Waals surface area contributed by atoms with Crippen molar-refractivity contribution in [3.05, 3.63) is 41.5 Å². The number of hydrogen-bond donors (Lipinski definition) is 1. The lowest BCUT2D eigenvalue weighted by Crippen LogP contribution is -2.36. The number of para-hydroxylation sites is 1. The summed E-state index contributed by atoms with van der Waals surface area (Å²) in [6.45, 7) is 8.16. The van der Waals surface area contributed by atoms with E-state index in [1.807, 2.05) is 39.0 Å². The first-order valence-corrected chi connectivity index (χ1v) is 7.22. The molecule has 0 fully saturated rings. The minimum Gasteiger partial charge on any atom is -0.302 e. The number of amides is 1. The second kappa shape index (κ2) is 4.69. The Morgan fingerprint density at radius 3 is 2.71 bits per heavy atom. The Morgan fingerprint density at radius 1 is 1.33 bits per heavy atom. The molecule has 2 aromatic rings. The van der Waals surface area contributed by atoms with Gasteiger partial charge in [0.2, 0.25) is 5.82 Å². The molecule has 0 spiro atoms. The topological polar surface area (TPSA) is 61.9 Å². The number of anilines is 1. The summed E-state index contributed by atoms with van der Waals surface area (Å²) in [4.78, 5) is 18.9. The average Bonchev–Trinajstić information content (AvgIpc) is 3.00. The molecule has 0 radical (unpaired) electrons. The molecule has 1 unspecified atom stereocenters. The molecule has 1 aromatic carbocycles. The van der Waals surface area contributed by atoms with Crippen molar-refractivity contribution in [2.24, 2.45) is 0 Å². The number of hydrogen-bond acceptors (Lipinski definition) is 3. The van der Waals surface area contributed by atoms with Crippen molar-refractivity contribution in [3.8, 4) is 0 Å². The van der Waals surface area contributed by atoms with Gasteiger partial charge in [-0.1, -0.05) is 39.0 Å². The zero-order chi connectivity index (χ0) is 15.2. The van der Waals surface area contributed by atoms with Gasteiger partial charge in [0.1, 0.15) is 5.82 Å². The number of rotatable bonds is 1. The molecule has 5 nitrogen and oxygen atoms in total. The van der Waals surface area contributed by atoms with Crippen molar-refractivity contribution < 1.29 is 4.79 Å². The van der Waals surface area contributed by atoms with Gasteiger partial charge in [-0.15, -0.1) is 5.10 Å². The first kappa shape index (κ1) is 13.8. The van der Waals surface area contributed by atoms with Gasteiger partial charge in [0.05, 0.1) is 0 Å². The van der Waals surface area contributed by atoms with E-state index in [-0.39, 0.29) is 23.2 Å². The van der Waals surface area contributed by atoms with Crippen LogP contribution in [0.15, 0.2) is 24.3 Å². The van der Waals surface area contributed by atoms with Crippen LogP contribution in [0.1, 0.15) is 49.7 Å². The molecule has 1 N–H and O–H groups in total. The Labute approximate surface area is 124 Å². The SMILES string of the molecule is CC1Cc2ccccc2N1C(=O)c1n[nH]c(C(C)(C)C)n1. The van der Waals surface area contributed by atoms with Gasteiger partial charge in [0.25, 0.3) is 5.91 Å². The molecule has 5 heteroatoms. The summed E-state index contributed by atoms with van der Waals surface area (Å²) >= 11 is 0. The number of benzene rings is 1. The zero-order valence-corrected chi connectivity index (χ0v) is 12.8. The number of nitrogens with zero attached hydrogens (tertiary/aromatic N) is 3. The van der Waals surface area contributed by atoms with Crippen LogP contribution in [-0.2, 0) is 11.8 Å². The first-order valence-electron chi connectivity index (χ1n) is 7.22. The monoisotopic (exact) mass is 284 g/mol. The van der Waals surface area contributed by atoms with Gasteiger partial charge in [0.15, 0.2) is 0 Å². The van der Waals surface area contributed by atoms with Gasteiger partial charge in [0, 0.05) is 17.1 Å². The Morgan fingerprint density at radius 2 is 2.05 bits per heavy atom. The molecule has 2 heterocycles. The van der Waals surface area contributed by atoms with Gasteiger partial charge in [-0.05, 0) is 25.0 Å². The quantitative estimate of drug-likeness (QED) is 0.875. The summed E-state index contributed by atoms with van der Waals surface area (Å²) in [5.41, 5.74) is 2.02. The van der Waals surface area contributed by atoms with Crippen LogP contribution in [0, 0.1) is 0 Å². The number of H-pyrrole nitrogens is 1. The minimum atomic E-state index is -0.153. The maximum absolute atomic E-state index is 12.7. The van der Waals surface area contributed by atoms with E-state index in [1.165, 1.54) is 5.56 Å². The van der Waals surface area contributed by atoms with Gasteiger partial charge >= 0.3 is 0 Å². The highest BCUT2D eigenvalue weighted by atomic mass is 16.2. The summed E-state index contributed by atoms with van der Waals surface area (Å²) in [7, 11) is 0. The molecule has 0 aliphatic carbocycles. The van der Waals surface area contributed by atoms with Crippen molar-refractivity contribution >= 4 is 11.6 Å². The Balaban J connectivity index is 1.94. The van der Waals surface area contributed by atoms with E-state index in [0.29, 0.717) is 0 Å². The lowest BCUT2D eigenvalue weighted by atomic mass is 9.96. The van der Waals surface area contributed by atoms with Crippen LogP contribution < -0.4 is 4.90 Å². The molecule has 3 rings (SSSR count). The van der Waals surface area contributed by atoms with E-state index in [2.05, 4.69) is 28.2 Å². The smallest absolute Gasteiger partial charge is 0.298 e. The predicted octanol–water partition coefficient (Wildman–Crippen LogP) is 2.69. The molecule has 1 atom stereocenters. The molecular weight excluding hydrogens is 264 g/mol. The molecule has 1 amide bonds. The van der Waals surface area contributed by atoms with E-state index in [0.717, 1.165) is 17.9 Å². The number of nitrogens with one attached hydrogen (secondary N) is 1. The van der Waals surface area contributed by atoms with Crippen molar-refractivity contribution in [3.63, 3.8) is 0 Å². The van der Waals surface area contributed by atoms with Crippen LogP contribution in [0.3, 0.4) is 0 Å². The number of aromatic amines is 1. The van der Waals surface area contributed by atoms with E-state index in [4.69, 9.17) is 0 Å². The second-order valence-electron chi connectivity index (χ2n) is 6.61. The number of carbonyl (C=O) groups is 1. The highest BCUT2D eigenvalue weighted by Crippen LogP contribution is 2.32. The largest absolute Gasteiger partial charge is 0.302 e. The average molecular weight is 284 g/mol. The number of aromatic nitrogens is 3. The van der Waals surface area contributed by atoms with Crippen LogP contribution in [0.4, 0.5) is 5.69 Å². The number of fused-ring (bicyclic) bond motifs is 1. The van der Waals surface area contributed by atoms with E-state index in [1.54, 1.807) is 4.90 Å². The maximum Gasteiger partial charge on any atom is 0.298 e. The molecule has 1 aromatic heterocycles. The molecule has 21 heavy (non-hydrogen) atoms. The van der Waals surface area contributed by atoms with Crippen LogP contribution in [0.25, 0.3) is 0 Å². The fraction of sp³-hybridized carbons (Fsp3) is 0.438. The van der Waals surface area contributed by atoms with Crippen LogP contribution in [0.5, 0.6) is 0 Å². The first-order chi connectivity index (χ1) is 9.88. The third-order valence-electron chi connectivity index (χ3n) is 3.81. The Hall–Kier alpha value is -2.17. The standard InChI is InChI=1S/C16H20N4O/c1-10-9-11-7-5-6-8-12(11)20(10)14(21)13-17-15(19-18-13)16(2,3)4/h5-8,10H,9H2,1-4H3,(H,17,18,19). The normalized spacial score (nSPS) is 17.9. The van der Waals surface area contributed by atoms with Gasteiger partial charge in [-0.3, -0.25) is 9.89 Å². The van der Waals surface area contributed by atoms with Crippen molar-refractivity contribution in [1.82, 2.24) is 15.2 Å². The molecular formula is C16H20N4O. The molecule has 0 saturated carbocycles. The minimum absolute atomic E-state index is 0.131. The highest BCUT2D eigenvalue weighted by Gasteiger charge is 2.33. The van der Waals surface area contributed by atoms with Gasteiger partial charge in [-0.25, -0.2) is 4.98 Å². The van der Waals surface area contributed by atoms with Crippen molar-refractivity contribution in [2.75, 3.05) is 4.90 Å². The third kappa shape index (κ3) is 2.33. The van der Waals surface area contributed by atoms with Crippen molar-refractivity contribution in [2.45, 2.75) is 45.6 Å². The predicted molar refractivity (Wildman–Crippen MR) is 81.5 cm³/mol. The third-order valence-corrected chi connectivity index (χ3v) is 3.81. The Kier molecular flexibility index (Phi) is 3.08. The van der Waals surface area contributed by atoms with E-state index in [9.17, 15) is 4.79 Å². The van der Waals surface area contributed by atoms with E-state index < -0.39 is 0 Å². The summed E-state index contributed by atoms with van der Waals surface area (Å²) in [6.07, 6.45) is 0.873. The lowest BCUT2D eigenvalue weighted by molar-refractivity contribution is 0.0971. The Bertz CT molecular complexity index is 684. The van der Waals surface area contributed by atoms with Crippen molar-refractivity contribution in [1.29, 1.82) is 0 Å². The van der Waals surface area contributed by atoms with Gasteiger partial charge < -0.3 is 4.90 Å². The summed E-state index contributed by atoms with van der Waals surface area (Å²) in [6, 6.07) is 8.14. The number of carbonyl (C=O) groups excluding carboxylic acids is 1. The van der Waals surface area contributed by atoms with Crippen LogP contribution in [-0.4, -0.2) is 27.1 Å². The summed E-state index contributed by atoms with van der Waals surface area (Å²) < 4.78 is 0. The maximum atomic E-state index is 12.7. The molecule has 110 valence electrons. The van der Waals surface area contributed by atoms with Crippen LogP contribution in [0.2, 0.25) is 0 Å². The highest BCUT2D eigenvalue weighted by molar-refractivity contribution is 6.05. The molecule has 0 saturated heterocycles. The molecule has 1 aliphatic rings. The summed E-state index contributed by atoms with van der Waals surface area (Å²) in [5.74, 6) is 0.827. The summed E-state index contributed by atoms with van der Waals surface area (Å²) in [5, 5.41) is 6.99. The van der Waals surface area contributed by atoms with E-state index >= 15 is 0 Å².